The SMILES string of the molecule is C=CCOc1ccccc1C.CC.CC.CC.CC.CC/C=N\O.Cc1ccccc1OCC1CC(CN)=NO1.Cc1ccccc1OCC1CC(CN2C(=O)c3ccccc3C2=O)=NO1.Cc1ccccc1OCC1CC(CNC(=O)OC(C)(C)C)=NO1.O=C1c2ccccc2C(=O)N1C/C=N\O. The largest absolute Gasteiger partial charge is 0.489 e. The Bertz CT molecular complexity index is 3670. The van der Waals surface area contributed by atoms with Crippen molar-refractivity contribution in [2.24, 2.45) is 31.5 Å². The van der Waals surface area contributed by atoms with Gasteiger partial charge in [-0.3, -0.25) is 29.0 Å². The van der Waals surface area contributed by atoms with E-state index in [2.05, 4.69) is 37.7 Å². The zero-order valence-corrected chi connectivity index (χ0v) is 63.4. The number of nitrogens with one attached hydrogen (secondary N) is 1. The molecular formula is C80H109N9O15. The van der Waals surface area contributed by atoms with Gasteiger partial charge in [-0.2, -0.15) is 0 Å². The molecule has 5 amide bonds. The summed E-state index contributed by atoms with van der Waals surface area (Å²) in [5.74, 6) is 2.22. The number of amides is 5. The first-order chi connectivity index (χ1) is 50.3. The molecule has 3 atom stereocenters. The molecule has 5 aliphatic rings. The third-order valence-corrected chi connectivity index (χ3v) is 14.2. The van der Waals surface area contributed by atoms with Gasteiger partial charge in [0, 0.05) is 32.0 Å². The van der Waals surface area contributed by atoms with E-state index in [1.54, 1.807) is 54.6 Å². The minimum Gasteiger partial charge on any atom is -0.489 e. The summed E-state index contributed by atoms with van der Waals surface area (Å²) in [6.07, 6.45) is 6.18. The quantitative estimate of drug-likeness (QED) is 0.0181. The normalized spacial score (nSPS) is 15.2. The number of nitrogens with two attached hydrogens (primary N) is 1. The summed E-state index contributed by atoms with van der Waals surface area (Å²) < 4.78 is 27.8. The molecule has 0 saturated carbocycles. The molecule has 0 saturated heterocycles. The monoisotopic (exact) mass is 1440 g/mol. The Labute approximate surface area is 614 Å². The fourth-order valence-corrected chi connectivity index (χ4v) is 9.27. The summed E-state index contributed by atoms with van der Waals surface area (Å²) in [6, 6.07) is 44.9. The van der Waals surface area contributed by atoms with Crippen LogP contribution in [0.2, 0.25) is 0 Å². The molecule has 0 bridgehead atoms. The molecular weight excluding hydrogens is 1330 g/mol. The Kier molecular flexibility index (Phi) is 43.3. The third-order valence-electron chi connectivity index (χ3n) is 14.2. The van der Waals surface area contributed by atoms with Crippen molar-refractivity contribution >= 4 is 59.3 Å². The van der Waals surface area contributed by atoms with Crippen LogP contribution in [-0.2, 0) is 19.2 Å². The van der Waals surface area contributed by atoms with Gasteiger partial charge in [0.25, 0.3) is 23.6 Å². The minimum atomic E-state index is -0.512. The van der Waals surface area contributed by atoms with E-state index >= 15 is 0 Å². The molecule has 6 aromatic rings. The first kappa shape index (κ1) is 89.2. The van der Waals surface area contributed by atoms with Crippen LogP contribution in [0.3, 0.4) is 0 Å². The predicted octanol–water partition coefficient (Wildman–Crippen LogP) is 15.6. The number of aryl methyl sites for hydroxylation is 4. The standard InChI is InChI=1S/C20H18N2O4.C17H24N2O4.C12H16N2O2.C10H8N2O3.C10H12O.C3H7NO.4C2H6/c1-13-6-2-5-9-18(13)25-12-15-10-14(21-26-15)11-22-19(23)16-7-3-4-8-17(16)20(22)24;1-12-7-5-6-8-15(12)21-11-14-9-13(19-23-14)10-18-16(20)22-17(2,3)4;1-9-4-2-3-5-12(9)15-8-11-6-10(7-13)14-16-11;13-9-7-3-1-2-4-8(7)10(14)12(9)6-5-11-15;1-3-8-11-10-7-5-4-6-9(10)2;1-2-3-4-5;4*1-2/h2-9,15H,10-12H2,1H3;5-8,14H,9-11H2,1-4H3,(H,18,20);2-5,11H,6-8,13H2,1H3;1-5,15H,6H2;3-7H,1,8H2,2H3;3,5H,2H2,1H3;4*1-2H3/b;;;11-5-;;4-3-;;;;. The Hall–Kier alpha value is -10.9. The molecule has 564 valence electrons. The van der Waals surface area contributed by atoms with E-state index in [0.29, 0.717) is 80.3 Å². The molecule has 5 heterocycles. The molecule has 3 unspecified atom stereocenters. The number of para-hydroxylation sites is 4. The summed E-state index contributed by atoms with van der Waals surface area (Å²) >= 11 is 0. The number of carbonyl (C=O) groups is 5. The lowest BCUT2D eigenvalue weighted by molar-refractivity contribution is 0.0468. The number of imide groups is 2. The topological polar surface area (TPSA) is 306 Å². The van der Waals surface area contributed by atoms with E-state index < -0.39 is 11.7 Å². The third kappa shape index (κ3) is 30.8. The fraction of sp³-hybridized carbons (Fsp3) is 0.400. The lowest BCUT2D eigenvalue weighted by Gasteiger charge is -2.19. The van der Waals surface area contributed by atoms with Gasteiger partial charge in [0.15, 0.2) is 18.3 Å². The van der Waals surface area contributed by atoms with Crippen LogP contribution in [0.1, 0.15) is 172 Å². The Balaban J connectivity index is 0.000000434. The van der Waals surface area contributed by atoms with Crippen LogP contribution >= 0.6 is 0 Å². The molecule has 5 N–H and O–H groups in total. The van der Waals surface area contributed by atoms with Gasteiger partial charge in [0.2, 0.25) is 0 Å². The molecule has 6 aromatic carbocycles. The highest BCUT2D eigenvalue weighted by Crippen LogP contribution is 2.27. The van der Waals surface area contributed by atoms with Crippen molar-refractivity contribution < 1.29 is 72.6 Å². The number of nitrogens with zero attached hydrogens (tertiary/aromatic N) is 7. The van der Waals surface area contributed by atoms with Crippen molar-refractivity contribution in [2.45, 2.75) is 160 Å². The van der Waals surface area contributed by atoms with Gasteiger partial charge in [-0.25, -0.2) is 4.79 Å². The number of benzene rings is 6. The lowest BCUT2D eigenvalue weighted by atomic mass is 10.1. The van der Waals surface area contributed by atoms with Gasteiger partial charge in [-0.05, 0) is 126 Å². The number of fused-ring (bicyclic) bond motifs is 2. The Morgan fingerprint density at radius 3 is 1.18 bits per heavy atom. The van der Waals surface area contributed by atoms with Crippen molar-refractivity contribution in [3.8, 4) is 23.0 Å². The van der Waals surface area contributed by atoms with Crippen LogP contribution in [0.25, 0.3) is 0 Å². The van der Waals surface area contributed by atoms with Crippen molar-refractivity contribution in [1.82, 2.24) is 15.1 Å². The number of carbonyl (C=O) groups excluding carboxylic acids is 5. The zero-order valence-electron chi connectivity index (χ0n) is 63.4. The summed E-state index contributed by atoms with van der Waals surface area (Å²) in [6.45, 7) is 37.7. The molecule has 11 rings (SSSR count). The number of hydrogen-bond acceptors (Lipinski definition) is 21. The molecule has 0 radical (unpaired) electrons. The predicted molar refractivity (Wildman–Crippen MR) is 411 cm³/mol. The second kappa shape index (κ2) is 50.5. The van der Waals surface area contributed by atoms with E-state index in [4.69, 9.17) is 54.3 Å². The van der Waals surface area contributed by atoms with Gasteiger partial charge in [-0.1, -0.05) is 187 Å². The average molecular weight is 1440 g/mol. The lowest BCUT2D eigenvalue weighted by Crippen LogP contribution is -2.35. The zero-order chi connectivity index (χ0) is 77.4. The van der Waals surface area contributed by atoms with E-state index in [9.17, 15) is 24.0 Å². The van der Waals surface area contributed by atoms with Crippen LogP contribution in [0.4, 0.5) is 4.79 Å². The van der Waals surface area contributed by atoms with Gasteiger partial charge in [-0.15, -0.1) is 10.3 Å². The maximum Gasteiger partial charge on any atom is 0.407 e. The van der Waals surface area contributed by atoms with Crippen LogP contribution in [0.5, 0.6) is 23.0 Å². The van der Waals surface area contributed by atoms with Crippen LogP contribution in [0, 0.1) is 27.7 Å². The van der Waals surface area contributed by atoms with E-state index in [0.717, 1.165) is 80.6 Å². The number of hydrogen-bond donors (Lipinski definition) is 4. The van der Waals surface area contributed by atoms with Crippen molar-refractivity contribution in [3.63, 3.8) is 0 Å². The first-order valence-corrected chi connectivity index (χ1v) is 35.2. The second-order valence-electron chi connectivity index (χ2n) is 22.9. The molecule has 0 fully saturated rings. The highest BCUT2D eigenvalue weighted by Gasteiger charge is 2.38. The van der Waals surface area contributed by atoms with E-state index in [1.165, 1.54) is 11.1 Å². The number of alkyl carbamates (subject to hydrolysis) is 1. The molecule has 24 nitrogen and oxygen atoms in total. The summed E-state index contributed by atoms with van der Waals surface area (Å²) in [7, 11) is 0. The van der Waals surface area contributed by atoms with Crippen molar-refractivity contribution in [3.05, 3.63) is 203 Å². The van der Waals surface area contributed by atoms with Gasteiger partial charge >= 0.3 is 6.09 Å². The van der Waals surface area contributed by atoms with Crippen molar-refractivity contribution in [2.75, 3.05) is 52.6 Å². The summed E-state index contributed by atoms with van der Waals surface area (Å²) in [5, 5.41) is 35.9. The minimum absolute atomic E-state index is 0.00171. The summed E-state index contributed by atoms with van der Waals surface area (Å²) in [5.41, 5.74) is 13.4. The number of ether oxygens (including phenoxy) is 5. The van der Waals surface area contributed by atoms with Crippen LogP contribution < -0.4 is 30.0 Å². The average Bonchev–Trinajstić information content (AvgIpc) is 1.65. The van der Waals surface area contributed by atoms with Gasteiger partial charge in [0.05, 0.1) is 65.2 Å². The smallest absolute Gasteiger partial charge is 0.407 e. The Morgan fingerprint density at radius 2 is 0.856 bits per heavy atom. The maximum absolute atomic E-state index is 12.4. The number of oxime groups is 5. The molecule has 0 aliphatic carbocycles. The van der Waals surface area contributed by atoms with Crippen LogP contribution in [0.15, 0.2) is 184 Å². The van der Waals surface area contributed by atoms with Crippen molar-refractivity contribution in [1.29, 1.82) is 0 Å². The maximum atomic E-state index is 12.4. The highest BCUT2D eigenvalue weighted by atomic mass is 16.7. The first-order valence-electron chi connectivity index (χ1n) is 35.2. The molecule has 5 aliphatic heterocycles. The van der Waals surface area contributed by atoms with E-state index in [1.807, 2.05) is 208 Å². The van der Waals surface area contributed by atoms with Crippen LogP contribution in [-0.4, -0.2) is 156 Å². The van der Waals surface area contributed by atoms with Gasteiger partial charge < -0.3 is 59.7 Å². The highest BCUT2D eigenvalue weighted by molar-refractivity contribution is 6.23. The molecule has 0 spiro atoms. The Morgan fingerprint density at radius 1 is 0.529 bits per heavy atom. The molecule has 0 aromatic heterocycles. The molecule has 104 heavy (non-hydrogen) atoms. The molecule has 24 heteroatoms. The summed E-state index contributed by atoms with van der Waals surface area (Å²) in [4.78, 5) is 77.9. The number of rotatable bonds is 20. The fourth-order valence-electron chi connectivity index (χ4n) is 9.27. The second-order valence-corrected chi connectivity index (χ2v) is 22.9. The van der Waals surface area contributed by atoms with E-state index in [-0.39, 0.29) is 55.0 Å². The van der Waals surface area contributed by atoms with Gasteiger partial charge in [0.1, 0.15) is 55.0 Å².